The third kappa shape index (κ3) is 6.10. The number of hydrogen-bond acceptors (Lipinski definition) is 4. The summed E-state index contributed by atoms with van der Waals surface area (Å²) >= 11 is -0.388. The number of carbonyl (C=O) groups is 2. The van der Waals surface area contributed by atoms with Crippen molar-refractivity contribution >= 4 is 40.0 Å². The fraction of sp³-hybridized carbons (Fsp3) is 0.176. The van der Waals surface area contributed by atoms with Crippen molar-refractivity contribution in [3.8, 4) is 0 Å². The second-order valence-electron chi connectivity index (χ2n) is 5.16. The van der Waals surface area contributed by atoms with E-state index in [9.17, 15) is 18.0 Å². The van der Waals surface area contributed by atoms with Crippen LogP contribution in [0, 0.1) is 0 Å². The normalized spacial score (nSPS) is 12.4. The molecular formula is C17H18N2O4SSe. The van der Waals surface area contributed by atoms with Gasteiger partial charge in [-0.15, -0.1) is 0 Å². The summed E-state index contributed by atoms with van der Waals surface area (Å²) < 4.78 is 27.5. The quantitative estimate of drug-likeness (QED) is 0.584. The zero-order chi connectivity index (χ0) is 18.3. The molecule has 0 heterocycles. The van der Waals surface area contributed by atoms with Crippen molar-refractivity contribution in [1.29, 1.82) is 0 Å². The van der Waals surface area contributed by atoms with Gasteiger partial charge >= 0.3 is 153 Å². The van der Waals surface area contributed by atoms with Crippen LogP contribution in [-0.2, 0) is 19.6 Å². The average Bonchev–Trinajstić information content (AvgIpc) is 2.61. The number of carbonyl (C=O) groups excluding carboxylic acids is 2. The van der Waals surface area contributed by atoms with Gasteiger partial charge in [-0.25, -0.2) is 0 Å². The van der Waals surface area contributed by atoms with Gasteiger partial charge in [0, 0.05) is 0 Å². The monoisotopic (exact) mass is 426 g/mol. The minimum absolute atomic E-state index is 0.0816. The van der Waals surface area contributed by atoms with Crippen LogP contribution in [0.1, 0.15) is 6.92 Å². The predicted molar refractivity (Wildman–Crippen MR) is 96.1 cm³/mol. The molecule has 0 aliphatic rings. The first-order chi connectivity index (χ1) is 11.9. The Morgan fingerprint density at radius 2 is 1.56 bits per heavy atom. The molecule has 6 nitrogen and oxygen atoms in total. The fourth-order valence-corrected chi connectivity index (χ4v) is 4.62. The minimum atomic E-state index is -3.78. The number of rotatable bonds is 8. The predicted octanol–water partition coefficient (Wildman–Crippen LogP) is 0.0259. The summed E-state index contributed by atoms with van der Waals surface area (Å²) in [6, 6.07) is 16.1. The second-order valence-corrected chi connectivity index (χ2v) is 9.25. The van der Waals surface area contributed by atoms with Crippen molar-refractivity contribution in [2.24, 2.45) is 0 Å². The molecule has 0 fully saturated rings. The van der Waals surface area contributed by atoms with Crippen LogP contribution >= 0.6 is 0 Å². The molecule has 1 atom stereocenters. The van der Waals surface area contributed by atoms with E-state index in [2.05, 4.69) is 10.0 Å². The van der Waals surface area contributed by atoms with Gasteiger partial charge in [-0.3, -0.25) is 0 Å². The molecule has 25 heavy (non-hydrogen) atoms. The number of benzene rings is 2. The zero-order valence-electron chi connectivity index (χ0n) is 13.5. The van der Waals surface area contributed by atoms with Gasteiger partial charge < -0.3 is 0 Å². The summed E-state index contributed by atoms with van der Waals surface area (Å²) in [6.45, 7) is 1.31. The summed E-state index contributed by atoms with van der Waals surface area (Å²) in [4.78, 5) is 24.0. The third-order valence-corrected chi connectivity index (χ3v) is 6.56. The number of hydrogen-bond donors (Lipinski definition) is 2. The second kappa shape index (κ2) is 8.92. The van der Waals surface area contributed by atoms with Crippen molar-refractivity contribution in [2.75, 3.05) is 6.54 Å². The van der Waals surface area contributed by atoms with Gasteiger partial charge in [-0.1, -0.05) is 0 Å². The Balaban J connectivity index is 1.85. The Labute approximate surface area is 153 Å². The van der Waals surface area contributed by atoms with E-state index in [4.69, 9.17) is 0 Å². The fourth-order valence-electron chi connectivity index (χ4n) is 1.92. The molecule has 1 amide bonds. The van der Waals surface area contributed by atoms with Gasteiger partial charge in [0.1, 0.15) is 0 Å². The molecule has 8 heteroatoms. The molecule has 0 spiro atoms. The van der Waals surface area contributed by atoms with E-state index in [0.717, 1.165) is 4.46 Å². The van der Waals surface area contributed by atoms with Gasteiger partial charge in [-0.2, -0.15) is 0 Å². The van der Waals surface area contributed by atoms with Crippen LogP contribution < -0.4 is 14.5 Å². The Hall–Kier alpha value is -1.99. The number of amides is 1. The van der Waals surface area contributed by atoms with Crippen LogP contribution in [0.4, 0.5) is 0 Å². The van der Waals surface area contributed by atoms with Crippen molar-refractivity contribution in [3.63, 3.8) is 0 Å². The first kappa shape index (κ1) is 19.3. The average molecular weight is 425 g/mol. The molecule has 0 aromatic heterocycles. The molecule has 0 aliphatic heterocycles. The molecule has 1 unspecified atom stereocenters. The molecule has 0 aliphatic carbocycles. The molecule has 0 radical (unpaired) electrons. The van der Waals surface area contributed by atoms with Crippen molar-refractivity contribution < 1.29 is 18.0 Å². The molecule has 2 aromatic carbocycles. The van der Waals surface area contributed by atoms with E-state index in [1.54, 1.807) is 18.2 Å². The number of nitrogens with one attached hydrogen (secondary N) is 2. The zero-order valence-corrected chi connectivity index (χ0v) is 16.0. The van der Waals surface area contributed by atoms with Gasteiger partial charge in [-0.05, 0) is 0 Å². The maximum atomic E-state index is 12.2. The van der Waals surface area contributed by atoms with Crippen molar-refractivity contribution in [1.82, 2.24) is 10.0 Å². The summed E-state index contributed by atoms with van der Waals surface area (Å²) in [5.74, 6) is -0.545. The van der Waals surface area contributed by atoms with Gasteiger partial charge in [0.2, 0.25) is 0 Å². The third-order valence-electron chi connectivity index (χ3n) is 3.16. The van der Waals surface area contributed by atoms with Gasteiger partial charge in [0.05, 0.1) is 0 Å². The van der Waals surface area contributed by atoms with Crippen LogP contribution in [0.5, 0.6) is 0 Å². The molecule has 2 rings (SSSR count). The molecule has 132 valence electrons. The van der Waals surface area contributed by atoms with E-state index in [0.29, 0.717) is 0 Å². The van der Waals surface area contributed by atoms with E-state index in [-0.39, 0.29) is 31.1 Å². The standard InChI is InChI=1S/C17H18N2O4SSe/c1-13(19-24(22,23)14-8-4-2-5-9-14)17(21)18-12-16(20)25-15-10-6-3-7-11-15/h2-11,13,19H,12H2,1H3,(H,18,21). The van der Waals surface area contributed by atoms with E-state index in [1.807, 2.05) is 30.3 Å². The number of sulfonamides is 1. The molecule has 0 bridgehead atoms. The Kier molecular flexibility index (Phi) is 6.90. The van der Waals surface area contributed by atoms with E-state index < -0.39 is 22.0 Å². The molecule has 0 saturated heterocycles. The van der Waals surface area contributed by atoms with Crippen molar-refractivity contribution in [2.45, 2.75) is 17.9 Å². The SMILES string of the molecule is CC(NS(=O)(=O)c1ccccc1)C(=O)NCC(=O)[Se]c1ccccc1. The maximum absolute atomic E-state index is 12.2. The van der Waals surface area contributed by atoms with Crippen LogP contribution in [0.3, 0.4) is 0 Å². The Morgan fingerprint density at radius 3 is 2.16 bits per heavy atom. The van der Waals surface area contributed by atoms with Gasteiger partial charge in [0.25, 0.3) is 0 Å². The van der Waals surface area contributed by atoms with E-state index in [1.165, 1.54) is 19.1 Å². The Morgan fingerprint density at radius 1 is 1.00 bits per heavy atom. The van der Waals surface area contributed by atoms with Crippen LogP contribution in [0.15, 0.2) is 65.6 Å². The summed E-state index contributed by atoms with van der Waals surface area (Å²) in [7, 11) is -3.78. The first-order valence-corrected chi connectivity index (χ1v) is 10.7. The molecular weight excluding hydrogens is 407 g/mol. The molecule has 0 saturated carbocycles. The first-order valence-electron chi connectivity index (χ1n) is 7.49. The van der Waals surface area contributed by atoms with E-state index >= 15 is 0 Å². The summed E-state index contributed by atoms with van der Waals surface area (Å²) in [5, 5.41) is 2.48. The van der Waals surface area contributed by atoms with Crippen molar-refractivity contribution in [3.05, 3.63) is 60.7 Å². The van der Waals surface area contributed by atoms with Crippen LogP contribution in [0.2, 0.25) is 0 Å². The molecule has 2 aromatic rings. The Bertz CT molecular complexity index is 826. The van der Waals surface area contributed by atoms with Crippen LogP contribution in [0.25, 0.3) is 0 Å². The summed E-state index contributed by atoms with van der Waals surface area (Å²) in [5.41, 5.74) is 0. The molecule has 2 N–H and O–H groups in total. The summed E-state index contributed by atoms with van der Waals surface area (Å²) in [6.07, 6.45) is 0. The topological polar surface area (TPSA) is 92.3 Å². The van der Waals surface area contributed by atoms with Crippen LogP contribution in [-0.4, -0.2) is 46.6 Å². The van der Waals surface area contributed by atoms with Gasteiger partial charge in [0.15, 0.2) is 0 Å².